The molecule has 0 fully saturated rings. The van der Waals surface area contributed by atoms with E-state index in [0.717, 1.165) is 21.5 Å². The highest BCUT2D eigenvalue weighted by atomic mass is 79.9. The average Bonchev–Trinajstić information content (AvgIpc) is 2.39. The lowest BCUT2D eigenvalue weighted by molar-refractivity contribution is 0.414. The lowest BCUT2D eigenvalue weighted by Crippen LogP contribution is -2.00. The second kappa shape index (κ2) is 5.93. The molecule has 0 saturated heterocycles. The lowest BCUT2D eigenvalue weighted by Gasteiger charge is -2.09. The summed E-state index contributed by atoms with van der Waals surface area (Å²) in [5.74, 6) is -0.229. The summed E-state index contributed by atoms with van der Waals surface area (Å²) in [5.41, 5.74) is 1.61. The normalized spacial score (nSPS) is 10.3. The Morgan fingerprint density at radius 2 is 2.05 bits per heavy atom. The first-order chi connectivity index (χ1) is 9.08. The van der Waals surface area contributed by atoms with Gasteiger partial charge in [0.2, 0.25) is 0 Å². The van der Waals surface area contributed by atoms with Gasteiger partial charge >= 0.3 is 0 Å². The molecule has 2 rings (SSSR count). The molecule has 0 aliphatic carbocycles. The van der Waals surface area contributed by atoms with Gasteiger partial charge in [0.25, 0.3) is 0 Å². The fourth-order valence-corrected chi connectivity index (χ4v) is 2.12. The predicted molar refractivity (Wildman–Crippen MR) is 76.1 cm³/mol. The van der Waals surface area contributed by atoms with E-state index in [1.807, 2.05) is 18.2 Å². The van der Waals surface area contributed by atoms with Gasteiger partial charge in [-0.15, -0.1) is 0 Å². The predicted octanol–water partition coefficient (Wildman–Crippen LogP) is 3.91. The molecule has 0 saturated carbocycles. The first kappa shape index (κ1) is 13.7. The van der Waals surface area contributed by atoms with Gasteiger partial charge in [0.05, 0.1) is 7.11 Å². The number of halogens is 2. The van der Waals surface area contributed by atoms with E-state index in [1.165, 1.54) is 12.1 Å². The van der Waals surface area contributed by atoms with Crippen LogP contribution in [0, 0.1) is 5.82 Å². The van der Waals surface area contributed by atoms with Gasteiger partial charge in [-0.25, -0.2) is 4.39 Å². The summed E-state index contributed by atoms with van der Waals surface area (Å²) >= 11 is 3.39. The van der Waals surface area contributed by atoms with Gasteiger partial charge in [0.15, 0.2) is 11.6 Å². The number of nitrogens with one attached hydrogen (secondary N) is 1. The van der Waals surface area contributed by atoms with Crippen LogP contribution in [0.15, 0.2) is 40.9 Å². The van der Waals surface area contributed by atoms with E-state index < -0.39 is 5.82 Å². The number of methoxy groups -OCH3 is 1. The first-order valence-electron chi connectivity index (χ1n) is 5.64. The Hall–Kier alpha value is -1.75. The van der Waals surface area contributed by atoms with Crippen molar-refractivity contribution >= 4 is 21.6 Å². The zero-order valence-corrected chi connectivity index (χ0v) is 11.9. The summed E-state index contributed by atoms with van der Waals surface area (Å²) < 4.78 is 19.2. The van der Waals surface area contributed by atoms with Crippen molar-refractivity contribution in [2.75, 3.05) is 12.4 Å². The van der Waals surface area contributed by atoms with E-state index in [4.69, 9.17) is 9.84 Å². The Balaban J connectivity index is 2.09. The van der Waals surface area contributed by atoms with Crippen LogP contribution in [0.2, 0.25) is 0 Å². The average molecular weight is 326 g/mol. The summed E-state index contributed by atoms with van der Waals surface area (Å²) in [6, 6.07) is 9.91. The molecule has 0 unspecified atom stereocenters. The van der Waals surface area contributed by atoms with Gasteiger partial charge in [-0.2, -0.15) is 0 Å². The van der Waals surface area contributed by atoms with Crippen molar-refractivity contribution in [2.24, 2.45) is 0 Å². The third-order valence-corrected chi connectivity index (χ3v) is 3.07. The molecule has 0 amide bonds. The highest BCUT2D eigenvalue weighted by Crippen LogP contribution is 2.25. The van der Waals surface area contributed by atoms with Crippen molar-refractivity contribution in [1.82, 2.24) is 0 Å². The Labute approximate surface area is 119 Å². The molecule has 2 aromatic carbocycles. The molecule has 2 N–H and O–H groups in total. The number of hydrogen-bond acceptors (Lipinski definition) is 3. The maximum absolute atomic E-state index is 13.2. The van der Waals surface area contributed by atoms with Crippen molar-refractivity contribution in [3.05, 3.63) is 52.3 Å². The molecule has 3 nitrogen and oxygen atoms in total. The number of hydrogen-bond donors (Lipinski definition) is 2. The van der Waals surface area contributed by atoms with E-state index in [-0.39, 0.29) is 5.75 Å². The SMILES string of the molecule is COc1cc(Br)cc(NCc2ccc(O)c(F)c2)c1. The van der Waals surface area contributed by atoms with E-state index in [0.29, 0.717) is 6.54 Å². The van der Waals surface area contributed by atoms with Crippen LogP contribution in [0.25, 0.3) is 0 Å². The minimum Gasteiger partial charge on any atom is -0.505 e. The van der Waals surface area contributed by atoms with Crippen LogP contribution in [0.5, 0.6) is 11.5 Å². The largest absolute Gasteiger partial charge is 0.505 e. The maximum atomic E-state index is 13.2. The number of phenols is 1. The molecule has 0 aliphatic heterocycles. The number of benzene rings is 2. The number of phenolic OH excluding ortho intramolecular Hbond substituents is 1. The first-order valence-corrected chi connectivity index (χ1v) is 6.43. The van der Waals surface area contributed by atoms with Crippen LogP contribution in [-0.2, 0) is 6.54 Å². The Bertz CT molecular complexity index is 590. The van der Waals surface area contributed by atoms with Crippen LogP contribution in [0.1, 0.15) is 5.56 Å². The highest BCUT2D eigenvalue weighted by molar-refractivity contribution is 9.10. The molecule has 0 bridgehead atoms. The fourth-order valence-electron chi connectivity index (χ4n) is 1.65. The molecular formula is C14H13BrFNO2. The molecule has 0 atom stereocenters. The monoisotopic (exact) mass is 325 g/mol. The topological polar surface area (TPSA) is 41.5 Å². The fraction of sp³-hybridized carbons (Fsp3) is 0.143. The smallest absolute Gasteiger partial charge is 0.165 e. The number of rotatable bonds is 4. The zero-order valence-electron chi connectivity index (χ0n) is 10.3. The maximum Gasteiger partial charge on any atom is 0.165 e. The summed E-state index contributed by atoms with van der Waals surface area (Å²) in [5, 5.41) is 12.3. The van der Waals surface area contributed by atoms with Crippen LogP contribution < -0.4 is 10.1 Å². The second-order valence-corrected chi connectivity index (χ2v) is 4.93. The lowest BCUT2D eigenvalue weighted by atomic mass is 10.2. The van der Waals surface area contributed by atoms with E-state index in [1.54, 1.807) is 13.2 Å². The van der Waals surface area contributed by atoms with Gasteiger partial charge in [-0.05, 0) is 29.8 Å². The Morgan fingerprint density at radius 1 is 1.26 bits per heavy atom. The summed E-state index contributed by atoms with van der Waals surface area (Å²) in [6.07, 6.45) is 0. The number of ether oxygens (including phenoxy) is 1. The van der Waals surface area contributed by atoms with Crippen LogP contribution in [0.3, 0.4) is 0 Å². The molecule has 0 heterocycles. The standard InChI is InChI=1S/C14H13BrFNO2/c1-19-12-6-10(15)5-11(7-12)17-8-9-2-3-14(18)13(16)4-9/h2-7,17-18H,8H2,1H3. The van der Waals surface area contributed by atoms with Gasteiger partial charge in [-0.1, -0.05) is 22.0 Å². The van der Waals surface area contributed by atoms with Crippen molar-refractivity contribution in [2.45, 2.75) is 6.54 Å². The molecule has 0 spiro atoms. The molecule has 2 aromatic rings. The van der Waals surface area contributed by atoms with Crippen molar-refractivity contribution < 1.29 is 14.2 Å². The van der Waals surface area contributed by atoms with Gasteiger partial charge in [-0.3, -0.25) is 0 Å². The molecule has 5 heteroatoms. The molecule has 0 aliphatic rings. The quantitative estimate of drug-likeness (QED) is 0.895. The third-order valence-electron chi connectivity index (χ3n) is 2.62. The van der Waals surface area contributed by atoms with Gasteiger partial charge in [0.1, 0.15) is 5.75 Å². The molecule has 0 aromatic heterocycles. The van der Waals surface area contributed by atoms with E-state index in [2.05, 4.69) is 21.2 Å². The minimum atomic E-state index is -0.619. The van der Waals surface area contributed by atoms with Crippen LogP contribution in [0.4, 0.5) is 10.1 Å². The third kappa shape index (κ3) is 3.61. The molecule has 100 valence electrons. The summed E-state index contributed by atoms with van der Waals surface area (Å²) in [6.45, 7) is 0.455. The van der Waals surface area contributed by atoms with Crippen LogP contribution >= 0.6 is 15.9 Å². The van der Waals surface area contributed by atoms with Crippen molar-refractivity contribution in [3.8, 4) is 11.5 Å². The number of anilines is 1. The molecular weight excluding hydrogens is 313 g/mol. The summed E-state index contributed by atoms with van der Waals surface area (Å²) in [4.78, 5) is 0. The summed E-state index contributed by atoms with van der Waals surface area (Å²) in [7, 11) is 1.60. The zero-order chi connectivity index (χ0) is 13.8. The molecule has 0 radical (unpaired) electrons. The van der Waals surface area contributed by atoms with Crippen LogP contribution in [-0.4, -0.2) is 12.2 Å². The van der Waals surface area contributed by atoms with Crippen molar-refractivity contribution in [1.29, 1.82) is 0 Å². The van der Waals surface area contributed by atoms with E-state index in [9.17, 15) is 4.39 Å². The number of aromatic hydroxyl groups is 1. The molecule has 19 heavy (non-hydrogen) atoms. The van der Waals surface area contributed by atoms with Crippen molar-refractivity contribution in [3.63, 3.8) is 0 Å². The van der Waals surface area contributed by atoms with Gasteiger partial charge < -0.3 is 15.2 Å². The minimum absolute atomic E-state index is 0.340. The Morgan fingerprint density at radius 3 is 2.74 bits per heavy atom. The van der Waals surface area contributed by atoms with E-state index >= 15 is 0 Å². The second-order valence-electron chi connectivity index (χ2n) is 4.02. The van der Waals surface area contributed by atoms with Gasteiger partial charge in [0, 0.05) is 22.8 Å². The Kier molecular flexibility index (Phi) is 4.27. The highest BCUT2D eigenvalue weighted by Gasteiger charge is 2.03.